The van der Waals surface area contributed by atoms with Gasteiger partial charge in [0.15, 0.2) is 5.76 Å². The molecule has 1 saturated heterocycles. The van der Waals surface area contributed by atoms with Gasteiger partial charge >= 0.3 is 0 Å². The third kappa shape index (κ3) is 2.87. The molecule has 20 heavy (non-hydrogen) atoms. The second-order valence-electron chi connectivity index (χ2n) is 5.10. The van der Waals surface area contributed by atoms with Gasteiger partial charge in [-0.1, -0.05) is 5.16 Å². The maximum absolute atomic E-state index is 8.99. The number of nitrogens with zero attached hydrogens (tertiary/aromatic N) is 2. The van der Waals surface area contributed by atoms with Crippen molar-refractivity contribution in [1.29, 1.82) is 0 Å². The topological polar surface area (TPSA) is 80.4 Å². The van der Waals surface area contributed by atoms with Crippen molar-refractivity contribution in [2.45, 2.75) is 25.1 Å². The van der Waals surface area contributed by atoms with E-state index >= 15 is 0 Å². The Morgan fingerprint density at radius 2 is 2.10 bits per heavy atom. The Balaban J connectivity index is 1.62. The van der Waals surface area contributed by atoms with Crippen LogP contribution in [0, 0.1) is 0 Å². The Morgan fingerprint density at radius 1 is 1.30 bits per heavy atom. The molecule has 3 heterocycles. The fourth-order valence-electron chi connectivity index (χ4n) is 2.27. The summed E-state index contributed by atoms with van der Waals surface area (Å²) >= 11 is 0. The predicted octanol–water partition coefficient (Wildman–Crippen LogP) is 0.663. The molecule has 0 saturated carbocycles. The fourth-order valence-corrected chi connectivity index (χ4v) is 2.27. The highest BCUT2D eigenvalue weighted by Crippen LogP contribution is 2.23. The maximum Gasteiger partial charge on any atom is 0.162 e. The van der Waals surface area contributed by atoms with Crippen LogP contribution in [0.15, 0.2) is 35.1 Å². The zero-order valence-corrected chi connectivity index (χ0v) is 11.1. The molecular formula is C14H17N3O3. The van der Waals surface area contributed by atoms with E-state index in [4.69, 9.17) is 14.4 Å². The van der Waals surface area contributed by atoms with Gasteiger partial charge < -0.3 is 19.7 Å². The lowest BCUT2D eigenvalue weighted by Crippen LogP contribution is -2.61. The first-order valence-corrected chi connectivity index (χ1v) is 6.57. The van der Waals surface area contributed by atoms with E-state index in [-0.39, 0.29) is 12.1 Å². The molecule has 2 aromatic heterocycles. The molecule has 0 aromatic carbocycles. The summed E-state index contributed by atoms with van der Waals surface area (Å²) in [7, 11) is 0. The first-order valence-electron chi connectivity index (χ1n) is 6.57. The van der Waals surface area contributed by atoms with Crippen LogP contribution in [0.3, 0.4) is 0 Å². The number of aliphatic hydroxyl groups excluding tert-OH is 1. The quantitative estimate of drug-likeness (QED) is 0.806. The van der Waals surface area contributed by atoms with E-state index in [2.05, 4.69) is 15.5 Å². The van der Waals surface area contributed by atoms with Gasteiger partial charge in [-0.25, -0.2) is 0 Å². The molecule has 0 spiro atoms. The third-order valence-corrected chi connectivity index (χ3v) is 3.46. The molecule has 0 unspecified atom stereocenters. The van der Waals surface area contributed by atoms with Crippen LogP contribution in [0.1, 0.15) is 17.0 Å². The third-order valence-electron chi connectivity index (χ3n) is 3.46. The van der Waals surface area contributed by atoms with Crippen LogP contribution in [0.4, 0.5) is 0 Å². The number of hydrogen-bond donors (Lipinski definition) is 2. The van der Waals surface area contributed by atoms with Crippen molar-refractivity contribution >= 4 is 0 Å². The van der Waals surface area contributed by atoms with Gasteiger partial charge in [-0.2, -0.15) is 0 Å². The average molecular weight is 275 g/mol. The number of aliphatic hydroxyl groups is 1. The molecule has 0 atom stereocenters. The minimum absolute atomic E-state index is 0.104. The molecule has 0 radical (unpaired) electrons. The smallest absolute Gasteiger partial charge is 0.162 e. The van der Waals surface area contributed by atoms with Crippen LogP contribution in [-0.4, -0.2) is 34.0 Å². The van der Waals surface area contributed by atoms with E-state index in [0.717, 1.165) is 18.7 Å². The molecule has 0 aliphatic carbocycles. The SMILES string of the molecule is OCc1cc(CC2(NCc3ccncc3)COC2)no1. The normalized spacial score (nSPS) is 16.9. The summed E-state index contributed by atoms with van der Waals surface area (Å²) in [6.07, 6.45) is 4.29. The van der Waals surface area contributed by atoms with E-state index in [1.807, 2.05) is 12.1 Å². The first kappa shape index (κ1) is 13.2. The standard InChI is InChI=1S/C14H17N3O3/c18-8-13-5-12(17-20-13)6-14(9-19-10-14)16-7-11-1-3-15-4-2-11/h1-5,16,18H,6-10H2. The van der Waals surface area contributed by atoms with E-state index in [0.29, 0.717) is 19.0 Å². The Bertz CT molecular complexity index is 552. The van der Waals surface area contributed by atoms with Gasteiger partial charge in [0, 0.05) is 31.4 Å². The van der Waals surface area contributed by atoms with Crippen molar-refractivity contribution in [3.8, 4) is 0 Å². The molecule has 1 fully saturated rings. The van der Waals surface area contributed by atoms with Crippen LogP contribution < -0.4 is 5.32 Å². The minimum Gasteiger partial charge on any atom is -0.388 e. The molecule has 0 amide bonds. The van der Waals surface area contributed by atoms with Crippen LogP contribution >= 0.6 is 0 Å². The van der Waals surface area contributed by atoms with Crippen LogP contribution in [-0.2, 0) is 24.3 Å². The monoisotopic (exact) mass is 275 g/mol. The lowest BCUT2D eigenvalue weighted by Gasteiger charge is -2.42. The van der Waals surface area contributed by atoms with E-state index in [1.165, 1.54) is 5.56 Å². The van der Waals surface area contributed by atoms with Gasteiger partial charge in [0.2, 0.25) is 0 Å². The second-order valence-corrected chi connectivity index (χ2v) is 5.10. The predicted molar refractivity (Wildman–Crippen MR) is 70.8 cm³/mol. The van der Waals surface area contributed by atoms with Crippen LogP contribution in [0.25, 0.3) is 0 Å². The van der Waals surface area contributed by atoms with Gasteiger partial charge in [-0.05, 0) is 17.7 Å². The summed E-state index contributed by atoms with van der Waals surface area (Å²) in [5.74, 6) is 0.490. The number of ether oxygens (including phenoxy) is 1. The van der Waals surface area contributed by atoms with E-state index < -0.39 is 0 Å². The molecule has 6 nitrogen and oxygen atoms in total. The average Bonchev–Trinajstić information content (AvgIpc) is 2.90. The summed E-state index contributed by atoms with van der Waals surface area (Å²) in [5.41, 5.74) is 1.91. The molecule has 2 aromatic rings. The maximum atomic E-state index is 8.99. The van der Waals surface area contributed by atoms with E-state index in [9.17, 15) is 0 Å². The molecule has 1 aliphatic heterocycles. The second kappa shape index (κ2) is 5.70. The Hall–Kier alpha value is -1.76. The highest BCUT2D eigenvalue weighted by atomic mass is 16.5. The number of pyridine rings is 1. The van der Waals surface area contributed by atoms with Crippen LogP contribution in [0.2, 0.25) is 0 Å². The van der Waals surface area contributed by atoms with Gasteiger partial charge in [0.05, 0.1) is 24.4 Å². The number of hydrogen-bond acceptors (Lipinski definition) is 6. The van der Waals surface area contributed by atoms with Crippen LogP contribution in [0.5, 0.6) is 0 Å². The number of rotatable bonds is 6. The molecular weight excluding hydrogens is 258 g/mol. The summed E-state index contributed by atoms with van der Waals surface area (Å²) in [6.45, 7) is 1.94. The lowest BCUT2D eigenvalue weighted by atomic mass is 9.91. The summed E-state index contributed by atoms with van der Waals surface area (Å²) < 4.78 is 10.4. The molecule has 1 aliphatic rings. The molecule has 106 valence electrons. The van der Waals surface area contributed by atoms with Gasteiger partial charge in [-0.15, -0.1) is 0 Å². The molecule has 2 N–H and O–H groups in total. The van der Waals surface area contributed by atoms with Crippen molar-refractivity contribution in [3.05, 3.63) is 47.6 Å². The molecule has 3 rings (SSSR count). The Labute approximate surface area is 116 Å². The lowest BCUT2D eigenvalue weighted by molar-refractivity contribution is -0.0755. The highest BCUT2D eigenvalue weighted by Gasteiger charge is 2.39. The van der Waals surface area contributed by atoms with E-state index in [1.54, 1.807) is 18.5 Å². The molecule has 0 bridgehead atoms. The Morgan fingerprint density at radius 3 is 2.70 bits per heavy atom. The fraction of sp³-hybridized carbons (Fsp3) is 0.429. The summed E-state index contributed by atoms with van der Waals surface area (Å²) in [4.78, 5) is 4.01. The van der Waals surface area contributed by atoms with Gasteiger partial charge in [0.25, 0.3) is 0 Å². The highest BCUT2D eigenvalue weighted by molar-refractivity contribution is 5.14. The largest absolute Gasteiger partial charge is 0.388 e. The van der Waals surface area contributed by atoms with Crippen molar-refractivity contribution in [1.82, 2.24) is 15.5 Å². The van der Waals surface area contributed by atoms with Crippen molar-refractivity contribution < 1.29 is 14.4 Å². The minimum atomic E-state index is -0.124. The van der Waals surface area contributed by atoms with Crippen molar-refractivity contribution in [2.75, 3.05) is 13.2 Å². The summed E-state index contributed by atoms with van der Waals surface area (Å²) in [6, 6.07) is 5.76. The molecule has 6 heteroatoms. The Kier molecular flexibility index (Phi) is 3.77. The van der Waals surface area contributed by atoms with Gasteiger partial charge in [-0.3, -0.25) is 4.98 Å². The number of nitrogens with one attached hydrogen (secondary N) is 1. The first-order chi connectivity index (χ1) is 9.80. The van der Waals surface area contributed by atoms with Gasteiger partial charge in [0.1, 0.15) is 6.61 Å². The number of aromatic nitrogens is 2. The zero-order chi connectivity index (χ0) is 13.8. The van der Waals surface area contributed by atoms with Crippen molar-refractivity contribution in [2.24, 2.45) is 0 Å². The van der Waals surface area contributed by atoms with Crippen molar-refractivity contribution in [3.63, 3.8) is 0 Å². The summed E-state index contributed by atoms with van der Waals surface area (Å²) in [5, 5.41) is 16.5. The zero-order valence-electron chi connectivity index (χ0n) is 11.1.